The number of carbonyl (C=O) groups excluding carboxylic acids is 2. The molecule has 1 aromatic rings. The molecule has 0 bridgehead atoms. The van der Waals surface area contributed by atoms with Crippen LogP contribution in [0, 0.1) is 5.92 Å². The van der Waals surface area contributed by atoms with Gasteiger partial charge in [-0.25, -0.2) is 4.98 Å². The van der Waals surface area contributed by atoms with Crippen LogP contribution in [-0.4, -0.2) is 47.7 Å². The SMILES string of the molecule is COCCCNC(=O)c1ncn2c1CCC(C(=O)NC1CCCC1)C2. The molecule has 3 rings (SSSR count). The lowest BCUT2D eigenvalue weighted by atomic mass is 9.95. The fourth-order valence-corrected chi connectivity index (χ4v) is 3.76. The van der Waals surface area contributed by atoms with Gasteiger partial charge in [-0.3, -0.25) is 9.59 Å². The van der Waals surface area contributed by atoms with Crippen molar-refractivity contribution >= 4 is 11.8 Å². The molecule has 1 aliphatic carbocycles. The second kappa shape index (κ2) is 8.47. The van der Waals surface area contributed by atoms with Crippen molar-refractivity contribution < 1.29 is 14.3 Å². The van der Waals surface area contributed by atoms with Gasteiger partial charge in [-0.2, -0.15) is 0 Å². The van der Waals surface area contributed by atoms with E-state index in [1.807, 2.05) is 4.57 Å². The average Bonchev–Trinajstić information content (AvgIpc) is 3.27. The Morgan fingerprint density at radius 1 is 1.32 bits per heavy atom. The molecule has 2 aliphatic rings. The third-order valence-electron chi connectivity index (χ3n) is 5.19. The van der Waals surface area contributed by atoms with Crippen LogP contribution in [0.2, 0.25) is 0 Å². The lowest BCUT2D eigenvalue weighted by Crippen LogP contribution is -2.40. The van der Waals surface area contributed by atoms with Gasteiger partial charge in [0.15, 0.2) is 0 Å². The van der Waals surface area contributed by atoms with E-state index in [9.17, 15) is 9.59 Å². The van der Waals surface area contributed by atoms with Crippen LogP contribution < -0.4 is 10.6 Å². The molecule has 25 heavy (non-hydrogen) atoms. The molecule has 2 N–H and O–H groups in total. The topological polar surface area (TPSA) is 85.2 Å². The summed E-state index contributed by atoms with van der Waals surface area (Å²) in [6.45, 7) is 1.81. The summed E-state index contributed by atoms with van der Waals surface area (Å²) in [6, 6.07) is 0.352. The molecule has 7 nitrogen and oxygen atoms in total. The van der Waals surface area contributed by atoms with E-state index in [-0.39, 0.29) is 17.7 Å². The summed E-state index contributed by atoms with van der Waals surface area (Å²) in [6.07, 6.45) is 8.58. The minimum atomic E-state index is -0.140. The van der Waals surface area contributed by atoms with Crippen LogP contribution in [0.1, 0.15) is 54.7 Å². The van der Waals surface area contributed by atoms with E-state index in [2.05, 4.69) is 15.6 Å². The number of nitrogens with zero attached hydrogens (tertiary/aromatic N) is 2. The fourth-order valence-electron chi connectivity index (χ4n) is 3.76. The molecule has 1 aliphatic heterocycles. The van der Waals surface area contributed by atoms with Crippen molar-refractivity contribution in [2.45, 2.75) is 57.5 Å². The number of nitrogens with one attached hydrogen (secondary N) is 2. The Morgan fingerprint density at radius 3 is 2.88 bits per heavy atom. The Bertz CT molecular complexity index is 607. The highest BCUT2D eigenvalue weighted by molar-refractivity contribution is 5.93. The first-order valence-electron chi connectivity index (χ1n) is 9.30. The predicted molar refractivity (Wildman–Crippen MR) is 93.3 cm³/mol. The van der Waals surface area contributed by atoms with Crippen molar-refractivity contribution in [1.29, 1.82) is 0 Å². The van der Waals surface area contributed by atoms with E-state index < -0.39 is 0 Å². The number of ether oxygens (including phenoxy) is 1. The second-order valence-electron chi connectivity index (χ2n) is 7.02. The molecule has 1 aromatic heterocycles. The Kier molecular flexibility index (Phi) is 6.07. The minimum Gasteiger partial charge on any atom is -0.385 e. The zero-order valence-electron chi connectivity index (χ0n) is 14.9. The highest BCUT2D eigenvalue weighted by Gasteiger charge is 2.30. The Labute approximate surface area is 148 Å². The molecule has 1 unspecified atom stereocenters. The van der Waals surface area contributed by atoms with Crippen LogP contribution >= 0.6 is 0 Å². The van der Waals surface area contributed by atoms with Crippen molar-refractivity contribution in [2.24, 2.45) is 5.92 Å². The zero-order chi connectivity index (χ0) is 17.6. The first-order chi connectivity index (χ1) is 12.2. The Balaban J connectivity index is 1.54. The van der Waals surface area contributed by atoms with Crippen molar-refractivity contribution in [1.82, 2.24) is 20.2 Å². The molecule has 1 atom stereocenters. The van der Waals surface area contributed by atoms with Gasteiger partial charge < -0.3 is 19.9 Å². The molecule has 0 saturated heterocycles. The van der Waals surface area contributed by atoms with E-state index in [0.29, 0.717) is 37.9 Å². The van der Waals surface area contributed by atoms with Gasteiger partial charge in [0.1, 0.15) is 5.69 Å². The lowest BCUT2D eigenvalue weighted by molar-refractivity contribution is -0.126. The normalized spacial score (nSPS) is 20.3. The molecule has 0 spiro atoms. The summed E-state index contributed by atoms with van der Waals surface area (Å²) in [5.74, 6) is -0.0181. The monoisotopic (exact) mass is 348 g/mol. The number of methoxy groups -OCH3 is 1. The van der Waals surface area contributed by atoms with Crippen LogP contribution in [0.25, 0.3) is 0 Å². The minimum absolute atomic E-state index is 0.0279. The first-order valence-corrected chi connectivity index (χ1v) is 9.30. The van der Waals surface area contributed by atoms with Crippen LogP contribution in [0.4, 0.5) is 0 Å². The molecular formula is C18H28N4O3. The number of fused-ring (bicyclic) bond motifs is 1. The maximum absolute atomic E-state index is 12.5. The molecule has 2 amide bonds. The Morgan fingerprint density at radius 2 is 2.12 bits per heavy atom. The number of hydrogen-bond acceptors (Lipinski definition) is 4. The van der Waals surface area contributed by atoms with Gasteiger partial charge in [0, 0.05) is 32.8 Å². The average molecular weight is 348 g/mol. The third kappa shape index (κ3) is 4.39. The summed E-state index contributed by atoms with van der Waals surface area (Å²) >= 11 is 0. The van der Waals surface area contributed by atoms with Crippen molar-refractivity contribution in [2.75, 3.05) is 20.3 Å². The Hall–Kier alpha value is -1.89. The molecule has 2 heterocycles. The van der Waals surface area contributed by atoms with E-state index in [4.69, 9.17) is 4.74 Å². The quantitative estimate of drug-likeness (QED) is 0.727. The number of aromatic nitrogens is 2. The van der Waals surface area contributed by atoms with Crippen molar-refractivity contribution in [3.05, 3.63) is 17.7 Å². The highest BCUT2D eigenvalue weighted by atomic mass is 16.5. The smallest absolute Gasteiger partial charge is 0.271 e. The number of rotatable bonds is 7. The van der Waals surface area contributed by atoms with Gasteiger partial charge in [-0.15, -0.1) is 0 Å². The standard InChI is InChI=1S/C18H28N4O3/c1-25-10-4-9-19-18(24)16-15-8-7-13(11-22(15)12-20-16)17(23)21-14-5-2-3-6-14/h12-14H,2-11H2,1H3,(H,19,24)(H,21,23). The fraction of sp³-hybridized carbons (Fsp3) is 0.722. The van der Waals surface area contributed by atoms with Gasteiger partial charge in [0.2, 0.25) is 5.91 Å². The largest absolute Gasteiger partial charge is 0.385 e. The van der Waals surface area contributed by atoms with E-state index >= 15 is 0 Å². The third-order valence-corrected chi connectivity index (χ3v) is 5.19. The molecule has 0 radical (unpaired) electrons. The van der Waals surface area contributed by atoms with Crippen molar-refractivity contribution in [3.8, 4) is 0 Å². The highest BCUT2D eigenvalue weighted by Crippen LogP contribution is 2.24. The number of amides is 2. The maximum Gasteiger partial charge on any atom is 0.271 e. The van der Waals surface area contributed by atoms with Crippen LogP contribution in [0.15, 0.2) is 6.33 Å². The maximum atomic E-state index is 12.5. The van der Waals surface area contributed by atoms with E-state index in [1.54, 1.807) is 13.4 Å². The van der Waals surface area contributed by atoms with Gasteiger partial charge in [-0.05, 0) is 32.1 Å². The lowest BCUT2D eigenvalue weighted by Gasteiger charge is -2.25. The summed E-state index contributed by atoms with van der Waals surface area (Å²) < 4.78 is 6.94. The second-order valence-corrected chi connectivity index (χ2v) is 7.02. The summed E-state index contributed by atoms with van der Waals surface area (Å²) in [4.78, 5) is 29.0. The van der Waals surface area contributed by atoms with Gasteiger partial charge in [-0.1, -0.05) is 12.8 Å². The molecular weight excluding hydrogens is 320 g/mol. The van der Waals surface area contributed by atoms with Crippen LogP contribution in [0.5, 0.6) is 0 Å². The molecule has 7 heteroatoms. The van der Waals surface area contributed by atoms with Gasteiger partial charge >= 0.3 is 0 Å². The number of carbonyl (C=O) groups is 2. The molecule has 1 saturated carbocycles. The van der Waals surface area contributed by atoms with Crippen molar-refractivity contribution in [3.63, 3.8) is 0 Å². The van der Waals surface area contributed by atoms with Gasteiger partial charge in [0.05, 0.1) is 17.9 Å². The van der Waals surface area contributed by atoms with E-state index in [0.717, 1.165) is 31.4 Å². The zero-order valence-corrected chi connectivity index (χ0v) is 14.9. The summed E-state index contributed by atoms with van der Waals surface area (Å²) in [5.41, 5.74) is 1.43. The molecule has 138 valence electrons. The van der Waals surface area contributed by atoms with Crippen LogP contribution in [0.3, 0.4) is 0 Å². The number of hydrogen-bond donors (Lipinski definition) is 2. The van der Waals surface area contributed by atoms with E-state index in [1.165, 1.54) is 12.8 Å². The number of imidazole rings is 1. The first kappa shape index (κ1) is 17.9. The van der Waals surface area contributed by atoms with Crippen LogP contribution in [-0.2, 0) is 22.5 Å². The summed E-state index contributed by atoms with van der Waals surface area (Å²) in [7, 11) is 1.65. The predicted octanol–water partition coefficient (Wildman–Crippen LogP) is 1.27. The molecule has 1 fully saturated rings. The van der Waals surface area contributed by atoms with Gasteiger partial charge in [0.25, 0.3) is 5.91 Å². The molecule has 0 aromatic carbocycles. The summed E-state index contributed by atoms with van der Waals surface area (Å²) in [5, 5.41) is 6.06.